The zero-order valence-electron chi connectivity index (χ0n) is 17.6. The fourth-order valence-corrected chi connectivity index (χ4v) is 3.74. The molecule has 3 heterocycles. The fraction of sp³-hybridized carbons (Fsp3) is 0.208. The van der Waals surface area contributed by atoms with Crippen LogP contribution in [-0.4, -0.2) is 30.4 Å². The number of hydrogen-bond acceptors (Lipinski definition) is 6. The molecule has 1 aliphatic rings. The van der Waals surface area contributed by atoms with Crippen LogP contribution in [0.25, 0.3) is 16.9 Å². The van der Waals surface area contributed by atoms with Crippen molar-refractivity contribution in [2.45, 2.75) is 13.5 Å². The maximum atomic E-state index is 5.51. The quantitative estimate of drug-likeness (QED) is 0.492. The first-order chi connectivity index (χ1) is 15.2. The Labute approximate surface area is 180 Å². The lowest BCUT2D eigenvalue weighted by molar-refractivity contribution is 0.174. The predicted molar refractivity (Wildman–Crippen MR) is 118 cm³/mol. The van der Waals surface area contributed by atoms with Crippen LogP contribution in [0, 0.1) is 6.92 Å². The molecule has 158 valence electrons. The van der Waals surface area contributed by atoms with Crippen LogP contribution >= 0.6 is 0 Å². The lowest BCUT2D eigenvalue weighted by atomic mass is 10.1. The van der Waals surface area contributed by atoms with Crippen LogP contribution in [0.2, 0.25) is 0 Å². The number of pyridine rings is 1. The molecule has 0 atom stereocenters. The Morgan fingerprint density at radius 3 is 2.65 bits per heavy atom. The molecule has 7 heteroatoms. The summed E-state index contributed by atoms with van der Waals surface area (Å²) in [6.07, 6.45) is 2.08. The Morgan fingerprint density at radius 1 is 0.968 bits per heavy atom. The molecule has 0 unspecified atom stereocenters. The molecule has 4 aromatic rings. The Morgan fingerprint density at radius 2 is 1.81 bits per heavy atom. The summed E-state index contributed by atoms with van der Waals surface area (Å²) in [6.45, 7) is 2.94. The highest BCUT2D eigenvalue weighted by atomic mass is 16.7. The van der Waals surface area contributed by atoms with Crippen molar-refractivity contribution in [3.05, 3.63) is 65.9 Å². The van der Waals surface area contributed by atoms with Crippen molar-refractivity contribution in [3.8, 4) is 34.3 Å². The molecule has 7 nitrogen and oxygen atoms in total. The number of nitrogens with one attached hydrogen (secondary N) is 1. The molecule has 2 aromatic heterocycles. The van der Waals surface area contributed by atoms with Gasteiger partial charge >= 0.3 is 0 Å². The third kappa shape index (κ3) is 3.48. The van der Waals surface area contributed by atoms with Crippen molar-refractivity contribution < 1.29 is 18.9 Å². The molecule has 0 saturated heterocycles. The summed E-state index contributed by atoms with van der Waals surface area (Å²) in [4.78, 5) is 4.88. The average molecular weight is 417 g/mol. The smallest absolute Gasteiger partial charge is 0.231 e. The molecule has 1 N–H and O–H groups in total. The highest BCUT2D eigenvalue weighted by molar-refractivity contribution is 5.78. The van der Waals surface area contributed by atoms with Gasteiger partial charge in [0, 0.05) is 18.3 Å². The van der Waals surface area contributed by atoms with E-state index in [2.05, 4.69) is 28.9 Å². The number of aromatic nitrogens is 2. The van der Waals surface area contributed by atoms with Gasteiger partial charge in [-0.15, -0.1) is 0 Å². The maximum Gasteiger partial charge on any atom is 0.231 e. The van der Waals surface area contributed by atoms with Gasteiger partial charge in [0.05, 0.1) is 14.2 Å². The molecule has 5 rings (SSSR count). The molecule has 2 aromatic carbocycles. The van der Waals surface area contributed by atoms with E-state index in [0.717, 1.165) is 45.3 Å². The van der Waals surface area contributed by atoms with Gasteiger partial charge in [0.15, 0.2) is 23.0 Å². The van der Waals surface area contributed by atoms with Gasteiger partial charge in [-0.25, -0.2) is 4.98 Å². The van der Waals surface area contributed by atoms with Crippen molar-refractivity contribution in [2.24, 2.45) is 0 Å². The fourth-order valence-electron chi connectivity index (χ4n) is 3.74. The lowest BCUT2D eigenvalue weighted by Crippen LogP contribution is -2.04. The highest BCUT2D eigenvalue weighted by Crippen LogP contribution is 2.36. The second-order valence-corrected chi connectivity index (χ2v) is 7.35. The number of fused-ring (bicyclic) bond motifs is 2. The van der Waals surface area contributed by atoms with Crippen LogP contribution in [-0.2, 0) is 6.54 Å². The number of ether oxygens (including phenoxy) is 4. The molecule has 0 radical (unpaired) electrons. The van der Waals surface area contributed by atoms with Crippen LogP contribution in [0.4, 0.5) is 5.82 Å². The minimum atomic E-state index is 0.266. The van der Waals surface area contributed by atoms with E-state index < -0.39 is 0 Å². The number of hydrogen-bond donors (Lipinski definition) is 1. The summed E-state index contributed by atoms with van der Waals surface area (Å²) in [7, 11) is 3.26. The van der Waals surface area contributed by atoms with Gasteiger partial charge in [-0.2, -0.15) is 0 Å². The second kappa shape index (κ2) is 7.75. The van der Waals surface area contributed by atoms with E-state index in [4.69, 9.17) is 23.9 Å². The Bertz CT molecular complexity index is 1270. The van der Waals surface area contributed by atoms with E-state index >= 15 is 0 Å². The number of benzene rings is 2. The molecule has 0 spiro atoms. The first-order valence-corrected chi connectivity index (χ1v) is 10.00. The summed E-state index contributed by atoms with van der Waals surface area (Å²) in [5.74, 6) is 3.80. The standard InChI is InChI=1S/C24H23N3O4/c1-15-4-9-22-26-23(17-6-8-18(28-2)20(11-17)29-3)24(27(22)13-15)25-12-16-5-7-19-21(10-16)31-14-30-19/h4-11,13,25H,12,14H2,1-3H3. The van der Waals surface area contributed by atoms with Crippen molar-refractivity contribution in [2.75, 3.05) is 26.3 Å². The Kier molecular flexibility index (Phi) is 4.78. The lowest BCUT2D eigenvalue weighted by Gasteiger charge is -2.12. The Balaban J connectivity index is 1.55. The van der Waals surface area contributed by atoms with E-state index in [0.29, 0.717) is 18.0 Å². The maximum absolute atomic E-state index is 5.51. The molecule has 31 heavy (non-hydrogen) atoms. The van der Waals surface area contributed by atoms with E-state index in [1.165, 1.54) is 0 Å². The monoisotopic (exact) mass is 417 g/mol. The molecule has 0 aliphatic carbocycles. The minimum Gasteiger partial charge on any atom is -0.493 e. The van der Waals surface area contributed by atoms with E-state index in [9.17, 15) is 0 Å². The topological polar surface area (TPSA) is 66.3 Å². The number of imidazole rings is 1. The van der Waals surface area contributed by atoms with E-state index in [1.54, 1.807) is 14.2 Å². The van der Waals surface area contributed by atoms with Crippen LogP contribution in [0.15, 0.2) is 54.7 Å². The third-order valence-electron chi connectivity index (χ3n) is 5.32. The van der Waals surface area contributed by atoms with Crippen LogP contribution < -0.4 is 24.3 Å². The normalized spacial score (nSPS) is 12.2. The first-order valence-electron chi connectivity index (χ1n) is 10.00. The van der Waals surface area contributed by atoms with E-state index in [1.807, 2.05) is 42.5 Å². The van der Waals surface area contributed by atoms with Crippen LogP contribution in [0.3, 0.4) is 0 Å². The summed E-state index contributed by atoms with van der Waals surface area (Å²) in [5, 5.41) is 3.57. The summed E-state index contributed by atoms with van der Waals surface area (Å²) in [5.41, 5.74) is 4.88. The van der Waals surface area contributed by atoms with Crippen molar-refractivity contribution in [1.29, 1.82) is 0 Å². The van der Waals surface area contributed by atoms with Crippen molar-refractivity contribution in [3.63, 3.8) is 0 Å². The van der Waals surface area contributed by atoms with Crippen LogP contribution in [0.5, 0.6) is 23.0 Å². The average Bonchev–Trinajstić information content (AvgIpc) is 3.41. The number of anilines is 1. The van der Waals surface area contributed by atoms with Gasteiger partial charge < -0.3 is 24.3 Å². The number of nitrogens with zero attached hydrogens (tertiary/aromatic N) is 2. The number of rotatable bonds is 6. The summed E-state index contributed by atoms with van der Waals surface area (Å²) < 4.78 is 23.9. The molecule has 0 saturated carbocycles. The summed E-state index contributed by atoms with van der Waals surface area (Å²) in [6, 6.07) is 15.9. The molecule has 0 bridgehead atoms. The molecule has 0 amide bonds. The SMILES string of the molecule is COc1ccc(-c2nc3ccc(C)cn3c2NCc2ccc3c(c2)OCO3)cc1OC. The highest BCUT2D eigenvalue weighted by Gasteiger charge is 2.18. The minimum absolute atomic E-state index is 0.266. The van der Waals surface area contributed by atoms with Gasteiger partial charge in [0.1, 0.15) is 17.2 Å². The molecular formula is C24H23N3O4. The predicted octanol–water partition coefficient (Wildman–Crippen LogP) is 4.67. The zero-order valence-corrected chi connectivity index (χ0v) is 17.6. The number of aryl methyl sites for hydroxylation is 1. The first kappa shape index (κ1) is 19.1. The van der Waals surface area contributed by atoms with Gasteiger partial charge in [0.2, 0.25) is 6.79 Å². The molecule has 0 fully saturated rings. The van der Waals surface area contributed by atoms with Crippen LogP contribution in [0.1, 0.15) is 11.1 Å². The van der Waals surface area contributed by atoms with Crippen molar-refractivity contribution >= 4 is 11.5 Å². The van der Waals surface area contributed by atoms with Gasteiger partial charge in [0.25, 0.3) is 0 Å². The molecular weight excluding hydrogens is 394 g/mol. The summed E-state index contributed by atoms with van der Waals surface area (Å²) >= 11 is 0. The Hall–Kier alpha value is -3.87. The largest absolute Gasteiger partial charge is 0.493 e. The van der Waals surface area contributed by atoms with Gasteiger partial charge in [-0.3, -0.25) is 4.40 Å². The molecule has 1 aliphatic heterocycles. The zero-order chi connectivity index (χ0) is 21.4. The second-order valence-electron chi connectivity index (χ2n) is 7.35. The number of methoxy groups -OCH3 is 2. The van der Waals surface area contributed by atoms with E-state index in [-0.39, 0.29) is 6.79 Å². The van der Waals surface area contributed by atoms with Gasteiger partial charge in [-0.1, -0.05) is 12.1 Å². The third-order valence-corrected chi connectivity index (χ3v) is 5.32. The van der Waals surface area contributed by atoms with Gasteiger partial charge in [-0.05, 0) is 54.4 Å². The van der Waals surface area contributed by atoms with Crippen molar-refractivity contribution in [1.82, 2.24) is 9.38 Å².